The minimum absolute atomic E-state index is 0.0825. The van der Waals surface area contributed by atoms with Gasteiger partial charge in [0.15, 0.2) is 5.78 Å². The number of benzene rings is 3. The molecule has 21 heavy (non-hydrogen) atoms. The first-order valence-electron chi connectivity index (χ1n) is 6.66. The highest BCUT2D eigenvalue weighted by Gasteiger charge is 2.13. The first-order valence-corrected chi connectivity index (χ1v) is 6.66. The molecule has 0 saturated heterocycles. The van der Waals surface area contributed by atoms with Gasteiger partial charge in [-0.2, -0.15) is 0 Å². The summed E-state index contributed by atoms with van der Waals surface area (Å²) in [6.07, 6.45) is 0. The van der Waals surface area contributed by atoms with Gasteiger partial charge in [0.1, 0.15) is 5.75 Å². The van der Waals surface area contributed by atoms with Gasteiger partial charge in [0, 0.05) is 16.8 Å². The summed E-state index contributed by atoms with van der Waals surface area (Å²) in [4.78, 5) is 12.6. The molecular weight excluding hydrogens is 262 g/mol. The fourth-order valence-corrected chi connectivity index (χ4v) is 2.35. The summed E-state index contributed by atoms with van der Waals surface area (Å²) < 4.78 is 5.10. The van der Waals surface area contributed by atoms with Crippen LogP contribution >= 0.6 is 0 Å². The Bertz CT molecular complexity index is 807. The molecule has 0 radical (unpaired) electrons. The van der Waals surface area contributed by atoms with E-state index in [9.17, 15) is 4.79 Å². The Labute approximate surface area is 123 Å². The smallest absolute Gasteiger partial charge is 0.195 e. The molecule has 0 spiro atoms. The standard InChI is InChI=1S/C18H15NO2/c1-21-15-8-6-12(7-9-15)18(20)16-10-13-4-2-3-5-14(13)11-17(16)19/h2-11H,19H2,1H3. The molecule has 3 nitrogen and oxygen atoms in total. The summed E-state index contributed by atoms with van der Waals surface area (Å²) in [6, 6.07) is 18.6. The van der Waals surface area contributed by atoms with Gasteiger partial charge in [-0.1, -0.05) is 24.3 Å². The van der Waals surface area contributed by atoms with E-state index in [-0.39, 0.29) is 5.78 Å². The van der Waals surface area contributed by atoms with E-state index in [2.05, 4.69) is 0 Å². The number of carbonyl (C=O) groups is 1. The van der Waals surface area contributed by atoms with Gasteiger partial charge < -0.3 is 10.5 Å². The van der Waals surface area contributed by atoms with Crippen molar-refractivity contribution in [1.82, 2.24) is 0 Å². The van der Waals surface area contributed by atoms with Crippen LogP contribution < -0.4 is 10.5 Å². The molecule has 0 aliphatic rings. The maximum absolute atomic E-state index is 12.6. The number of ketones is 1. The third kappa shape index (κ3) is 2.46. The summed E-state index contributed by atoms with van der Waals surface area (Å²) >= 11 is 0. The van der Waals surface area contributed by atoms with Crippen molar-refractivity contribution < 1.29 is 9.53 Å². The molecule has 3 rings (SSSR count). The molecule has 0 heterocycles. The molecule has 3 heteroatoms. The van der Waals surface area contributed by atoms with Crippen molar-refractivity contribution in [2.24, 2.45) is 0 Å². The van der Waals surface area contributed by atoms with Crippen LogP contribution in [0, 0.1) is 0 Å². The van der Waals surface area contributed by atoms with Crippen LogP contribution in [-0.4, -0.2) is 12.9 Å². The summed E-state index contributed by atoms with van der Waals surface area (Å²) in [5.41, 5.74) is 7.65. The van der Waals surface area contributed by atoms with Crippen molar-refractivity contribution >= 4 is 22.2 Å². The van der Waals surface area contributed by atoms with E-state index in [1.165, 1.54) is 0 Å². The zero-order chi connectivity index (χ0) is 14.8. The number of nitrogens with two attached hydrogens (primary N) is 1. The second-order valence-corrected chi connectivity index (χ2v) is 4.84. The van der Waals surface area contributed by atoms with E-state index in [4.69, 9.17) is 10.5 Å². The summed E-state index contributed by atoms with van der Waals surface area (Å²) in [6.45, 7) is 0. The lowest BCUT2D eigenvalue weighted by molar-refractivity contribution is 0.103. The largest absolute Gasteiger partial charge is 0.497 e. The van der Waals surface area contributed by atoms with Crippen LogP contribution in [0.1, 0.15) is 15.9 Å². The van der Waals surface area contributed by atoms with Gasteiger partial charge in [-0.15, -0.1) is 0 Å². The maximum atomic E-state index is 12.6. The Hall–Kier alpha value is -2.81. The van der Waals surface area contributed by atoms with Crippen molar-refractivity contribution in [1.29, 1.82) is 0 Å². The van der Waals surface area contributed by atoms with Crippen LogP contribution in [0.3, 0.4) is 0 Å². The Morgan fingerprint density at radius 2 is 1.57 bits per heavy atom. The summed E-state index contributed by atoms with van der Waals surface area (Å²) in [5, 5.41) is 2.03. The zero-order valence-electron chi connectivity index (χ0n) is 11.7. The van der Waals surface area contributed by atoms with E-state index in [1.54, 1.807) is 31.4 Å². The number of ether oxygens (including phenoxy) is 1. The molecule has 0 bridgehead atoms. The van der Waals surface area contributed by atoms with Gasteiger partial charge in [0.2, 0.25) is 0 Å². The molecule has 0 amide bonds. The molecule has 0 aliphatic carbocycles. The molecule has 0 unspecified atom stereocenters. The SMILES string of the molecule is COc1ccc(C(=O)c2cc3ccccc3cc2N)cc1. The van der Waals surface area contributed by atoms with Crippen LogP contribution in [0.15, 0.2) is 60.7 Å². The number of fused-ring (bicyclic) bond motifs is 1. The lowest BCUT2D eigenvalue weighted by Gasteiger charge is -2.08. The lowest BCUT2D eigenvalue weighted by Crippen LogP contribution is -2.05. The third-order valence-electron chi connectivity index (χ3n) is 3.51. The van der Waals surface area contributed by atoms with E-state index in [0.29, 0.717) is 16.8 Å². The zero-order valence-corrected chi connectivity index (χ0v) is 11.7. The van der Waals surface area contributed by atoms with Gasteiger partial charge in [0.25, 0.3) is 0 Å². The first-order chi connectivity index (χ1) is 10.2. The predicted molar refractivity (Wildman–Crippen MR) is 84.8 cm³/mol. The van der Waals surface area contributed by atoms with Crippen LogP contribution in [-0.2, 0) is 0 Å². The molecule has 0 atom stereocenters. The Balaban J connectivity index is 2.05. The second kappa shape index (κ2) is 5.29. The Morgan fingerprint density at radius 3 is 2.19 bits per heavy atom. The van der Waals surface area contributed by atoms with Crippen LogP contribution in [0.4, 0.5) is 5.69 Å². The predicted octanol–water partition coefficient (Wildman–Crippen LogP) is 3.66. The topological polar surface area (TPSA) is 52.3 Å². The first kappa shape index (κ1) is 13.2. The van der Waals surface area contributed by atoms with E-state index in [0.717, 1.165) is 16.5 Å². The number of methoxy groups -OCH3 is 1. The Kier molecular flexibility index (Phi) is 3.32. The van der Waals surface area contributed by atoms with E-state index < -0.39 is 0 Å². The van der Waals surface area contributed by atoms with Crippen molar-refractivity contribution in [2.75, 3.05) is 12.8 Å². The highest BCUT2D eigenvalue weighted by molar-refractivity contribution is 6.14. The summed E-state index contributed by atoms with van der Waals surface area (Å²) in [7, 11) is 1.60. The van der Waals surface area contributed by atoms with Gasteiger partial charge >= 0.3 is 0 Å². The number of hydrogen-bond acceptors (Lipinski definition) is 3. The van der Waals surface area contributed by atoms with E-state index >= 15 is 0 Å². The molecule has 0 fully saturated rings. The van der Waals surface area contributed by atoms with Crippen molar-refractivity contribution in [2.45, 2.75) is 0 Å². The van der Waals surface area contributed by atoms with Crippen LogP contribution in [0.5, 0.6) is 5.75 Å². The Morgan fingerprint density at radius 1 is 0.952 bits per heavy atom. The molecule has 104 valence electrons. The molecule has 0 aromatic heterocycles. The normalized spacial score (nSPS) is 10.5. The van der Waals surface area contributed by atoms with Crippen molar-refractivity contribution in [3.8, 4) is 5.75 Å². The lowest BCUT2D eigenvalue weighted by atomic mass is 9.98. The van der Waals surface area contributed by atoms with Crippen molar-refractivity contribution in [3.05, 3.63) is 71.8 Å². The summed E-state index contributed by atoms with van der Waals surface area (Å²) in [5.74, 6) is 0.638. The molecule has 3 aromatic rings. The molecule has 0 saturated carbocycles. The number of carbonyl (C=O) groups excluding carboxylic acids is 1. The minimum Gasteiger partial charge on any atom is -0.497 e. The quantitative estimate of drug-likeness (QED) is 0.587. The van der Waals surface area contributed by atoms with Gasteiger partial charge in [-0.3, -0.25) is 4.79 Å². The maximum Gasteiger partial charge on any atom is 0.195 e. The number of nitrogen functional groups attached to an aromatic ring is 1. The van der Waals surface area contributed by atoms with Crippen LogP contribution in [0.25, 0.3) is 10.8 Å². The second-order valence-electron chi connectivity index (χ2n) is 4.84. The monoisotopic (exact) mass is 277 g/mol. The fourth-order valence-electron chi connectivity index (χ4n) is 2.35. The molecular formula is C18H15NO2. The highest BCUT2D eigenvalue weighted by Crippen LogP contribution is 2.24. The number of rotatable bonds is 3. The van der Waals surface area contributed by atoms with Gasteiger partial charge in [0.05, 0.1) is 7.11 Å². The van der Waals surface area contributed by atoms with Gasteiger partial charge in [-0.25, -0.2) is 0 Å². The minimum atomic E-state index is -0.0825. The van der Waals surface area contributed by atoms with Gasteiger partial charge in [-0.05, 0) is 47.2 Å². The molecule has 2 N–H and O–H groups in total. The third-order valence-corrected chi connectivity index (χ3v) is 3.51. The number of hydrogen-bond donors (Lipinski definition) is 1. The van der Waals surface area contributed by atoms with Crippen molar-refractivity contribution in [3.63, 3.8) is 0 Å². The average Bonchev–Trinajstić information content (AvgIpc) is 2.53. The highest BCUT2D eigenvalue weighted by atomic mass is 16.5. The fraction of sp³-hybridized carbons (Fsp3) is 0.0556. The molecule has 0 aliphatic heterocycles. The average molecular weight is 277 g/mol. The number of anilines is 1. The van der Waals surface area contributed by atoms with E-state index in [1.807, 2.05) is 36.4 Å². The molecule has 3 aromatic carbocycles. The van der Waals surface area contributed by atoms with Crippen LogP contribution in [0.2, 0.25) is 0 Å².